The molecule has 0 radical (unpaired) electrons. The van der Waals surface area contributed by atoms with Gasteiger partial charge in [-0.05, 0) is 107 Å². The van der Waals surface area contributed by atoms with Crippen LogP contribution < -0.4 is 11.1 Å². The number of benzene rings is 3. The van der Waals surface area contributed by atoms with Gasteiger partial charge < -0.3 is 20.9 Å². The molecule has 3 aromatic carbocycles. The van der Waals surface area contributed by atoms with Gasteiger partial charge in [-0.25, -0.2) is 0 Å². The van der Waals surface area contributed by atoms with Gasteiger partial charge in [0.2, 0.25) is 0 Å². The molecule has 2 aliphatic heterocycles. The third-order valence-electron chi connectivity index (χ3n) is 9.07. The lowest BCUT2D eigenvalue weighted by Crippen LogP contribution is -2.55. The second kappa shape index (κ2) is 12.8. The second-order valence-corrected chi connectivity index (χ2v) is 12.7. The highest BCUT2D eigenvalue weighted by Gasteiger charge is 2.40. The molecule has 2 atom stereocenters. The number of piperidine rings is 2. The molecule has 0 spiro atoms. The number of nitrogens with zero attached hydrogens (tertiary/aromatic N) is 2. The molecule has 230 valence electrons. The predicted molar refractivity (Wildman–Crippen MR) is 165 cm³/mol. The summed E-state index contributed by atoms with van der Waals surface area (Å²) in [7, 11) is 4.17. The number of likely N-dealkylation sites (tertiary alicyclic amines) is 2. The van der Waals surface area contributed by atoms with Crippen molar-refractivity contribution in [3.63, 3.8) is 0 Å². The van der Waals surface area contributed by atoms with E-state index in [1.54, 1.807) is 0 Å². The van der Waals surface area contributed by atoms with Gasteiger partial charge in [-0.3, -0.25) is 4.79 Å². The van der Waals surface area contributed by atoms with E-state index in [1.807, 2.05) is 43.4 Å². The van der Waals surface area contributed by atoms with E-state index in [-0.39, 0.29) is 17.4 Å². The summed E-state index contributed by atoms with van der Waals surface area (Å²) in [5, 5.41) is 3.21. The van der Waals surface area contributed by atoms with Crippen LogP contribution in [0.1, 0.15) is 77.1 Å². The maximum absolute atomic E-state index is 13.3. The van der Waals surface area contributed by atoms with E-state index in [4.69, 9.17) is 5.73 Å². The summed E-state index contributed by atoms with van der Waals surface area (Å²) in [6, 6.07) is 23.8. The standard InChI is InChI=1S/C23H25F3N2O.C12H18N2/c1-28-13-5-12-22(15-28,17-6-3-2-4-7-17)27-21(29)19-11-10-18(23(24,25)26)14-20(19)16-8-9-16;1-14-9-5-8-12(13,10-14)11-6-3-2-4-7-11/h2-4,6-7,10-11,14,16H,5,8-9,12-13,15H2,1H3,(H,27,29);2-4,6-7H,5,8-10,13H2,1H3. The number of carbonyl (C=O) groups excluding carboxylic acids is 1. The molecule has 2 saturated heterocycles. The molecular weight excluding hydrogens is 549 g/mol. The van der Waals surface area contributed by atoms with Crippen molar-refractivity contribution >= 4 is 5.91 Å². The number of likely N-dealkylation sites (N-methyl/N-ethyl adjacent to an activating group) is 2. The van der Waals surface area contributed by atoms with Crippen LogP contribution in [0, 0.1) is 0 Å². The molecule has 1 amide bonds. The Hall–Kier alpha value is -3.20. The predicted octanol–water partition coefficient (Wildman–Crippen LogP) is 6.50. The van der Waals surface area contributed by atoms with Crippen LogP contribution >= 0.6 is 0 Å². The van der Waals surface area contributed by atoms with Crippen molar-refractivity contribution in [3.05, 3.63) is 107 Å². The molecule has 3 N–H and O–H groups in total. The van der Waals surface area contributed by atoms with E-state index in [0.717, 1.165) is 62.9 Å². The number of amides is 1. The Kier molecular flexibility index (Phi) is 9.30. The Morgan fingerprint density at radius 2 is 1.42 bits per heavy atom. The summed E-state index contributed by atoms with van der Waals surface area (Å²) in [6.45, 7) is 3.77. The number of nitrogens with one attached hydrogen (secondary N) is 1. The Balaban J connectivity index is 0.000000220. The summed E-state index contributed by atoms with van der Waals surface area (Å²) in [6.07, 6.45) is 1.28. The van der Waals surface area contributed by atoms with Crippen molar-refractivity contribution in [3.8, 4) is 0 Å². The first-order chi connectivity index (χ1) is 20.5. The van der Waals surface area contributed by atoms with E-state index in [1.165, 1.54) is 24.6 Å². The van der Waals surface area contributed by atoms with Crippen molar-refractivity contribution in [2.75, 3.05) is 40.3 Å². The number of hydrogen-bond acceptors (Lipinski definition) is 4. The van der Waals surface area contributed by atoms with Crippen LogP contribution in [0.25, 0.3) is 0 Å². The zero-order valence-corrected chi connectivity index (χ0v) is 25.2. The summed E-state index contributed by atoms with van der Waals surface area (Å²) < 4.78 is 39.5. The average Bonchev–Trinajstić information content (AvgIpc) is 3.83. The summed E-state index contributed by atoms with van der Waals surface area (Å²) >= 11 is 0. The van der Waals surface area contributed by atoms with Gasteiger partial charge in [0.1, 0.15) is 0 Å². The Labute approximate surface area is 253 Å². The normalized spacial score (nSPS) is 25.0. The van der Waals surface area contributed by atoms with Gasteiger partial charge in [-0.2, -0.15) is 13.2 Å². The van der Waals surface area contributed by atoms with Crippen molar-refractivity contribution in [1.82, 2.24) is 15.1 Å². The Bertz CT molecular complexity index is 1380. The summed E-state index contributed by atoms with van der Waals surface area (Å²) in [5.41, 5.74) is 8.24. The molecule has 3 fully saturated rings. The zero-order valence-electron chi connectivity index (χ0n) is 25.2. The first-order valence-electron chi connectivity index (χ1n) is 15.3. The molecule has 2 heterocycles. The minimum absolute atomic E-state index is 0.0414. The maximum Gasteiger partial charge on any atom is 0.416 e. The molecule has 3 aliphatic rings. The summed E-state index contributed by atoms with van der Waals surface area (Å²) in [4.78, 5) is 17.8. The molecule has 0 bridgehead atoms. The average molecular weight is 593 g/mol. The monoisotopic (exact) mass is 592 g/mol. The number of halogens is 3. The fourth-order valence-electron chi connectivity index (χ4n) is 6.71. The topological polar surface area (TPSA) is 61.6 Å². The molecule has 43 heavy (non-hydrogen) atoms. The SMILES string of the molecule is CN1CCCC(N)(c2ccccc2)C1.CN1CCCC(NC(=O)c2ccc(C(F)(F)F)cc2C2CC2)(c2ccccc2)C1. The first kappa shape index (κ1) is 31.2. The fourth-order valence-corrected chi connectivity index (χ4v) is 6.71. The molecule has 5 nitrogen and oxygen atoms in total. The molecule has 8 heteroatoms. The van der Waals surface area contributed by atoms with Gasteiger partial charge in [0.15, 0.2) is 0 Å². The van der Waals surface area contributed by atoms with Gasteiger partial charge in [-0.15, -0.1) is 0 Å². The number of nitrogens with two attached hydrogens (primary N) is 1. The smallest absolute Gasteiger partial charge is 0.341 e. The highest BCUT2D eigenvalue weighted by Crippen LogP contribution is 2.44. The van der Waals surface area contributed by atoms with E-state index in [9.17, 15) is 18.0 Å². The van der Waals surface area contributed by atoms with E-state index >= 15 is 0 Å². The lowest BCUT2D eigenvalue weighted by molar-refractivity contribution is -0.137. The Morgan fingerprint density at radius 1 is 0.837 bits per heavy atom. The van der Waals surface area contributed by atoms with Crippen LogP contribution in [0.3, 0.4) is 0 Å². The molecule has 3 aromatic rings. The largest absolute Gasteiger partial charge is 0.416 e. The molecule has 2 unspecified atom stereocenters. The van der Waals surface area contributed by atoms with E-state index in [2.05, 4.69) is 46.4 Å². The van der Waals surface area contributed by atoms with Crippen molar-refractivity contribution in [2.45, 2.75) is 61.7 Å². The van der Waals surface area contributed by atoms with Gasteiger partial charge in [0.05, 0.1) is 16.6 Å². The van der Waals surface area contributed by atoms with Crippen molar-refractivity contribution in [1.29, 1.82) is 0 Å². The Morgan fingerprint density at radius 3 is 1.98 bits per heavy atom. The van der Waals surface area contributed by atoms with Crippen LogP contribution in [0.5, 0.6) is 0 Å². The third-order valence-corrected chi connectivity index (χ3v) is 9.07. The van der Waals surface area contributed by atoms with Crippen LogP contribution in [0.15, 0.2) is 78.9 Å². The number of hydrogen-bond donors (Lipinski definition) is 2. The number of alkyl halides is 3. The second-order valence-electron chi connectivity index (χ2n) is 12.7. The lowest BCUT2D eigenvalue weighted by atomic mass is 9.82. The van der Waals surface area contributed by atoms with Gasteiger partial charge in [-0.1, -0.05) is 60.7 Å². The summed E-state index contributed by atoms with van der Waals surface area (Å²) in [5.74, 6) is -0.250. The molecular formula is C35H43F3N4O. The van der Waals surface area contributed by atoms with Crippen molar-refractivity contribution in [2.24, 2.45) is 5.73 Å². The van der Waals surface area contributed by atoms with Gasteiger partial charge >= 0.3 is 6.18 Å². The van der Waals surface area contributed by atoms with E-state index in [0.29, 0.717) is 17.7 Å². The minimum Gasteiger partial charge on any atom is -0.341 e. The molecule has 0 aromatic heterocycles. The van der Waals surface area contributed by atoms with Crippen LogP contribution in [-0.2, 0) is 17.3 Å². The van der Waals surface area contributed by atoms with Gasteiger partial charge in [0.25, 0.3) is 5.91 Å². The molecule has 1 saturated carbocycles. The zero-order chi connectivity index (χ0) is 30.7. The fraction of sp³-hybridized carbons (Fsp3) is 0.457. The molecule has 6 rings (SSSR count). The maximum atomic E-state index is 13.3. The highest BCUT2D eigenvalue weighted by atomic mass is 19.4. The quantitative estimate of drug-likeness (QED) is 0.355. The number of rotatable bonds is 5. The van der Waals surface area contributed by atoms with Crippen LogP contribution in [0.4, 0.5) is 13.2 Å². The minimum atomic E-state index is -4.41. The molecule has 1 aliphatic carbocycles. The van der Waals surface area contributed by atoms with Crippen molar-refractivity contribution < 1.29 is 18.0 Å². The number of carbonyl (C=O) groups is 1. The highest BCUT2D eigenvalue weighted by molar-refractivity contribution is 5.96. The van der Waals surface area contributed by atoms with Gasteiger partial charge in [0, 0.05) is 18.7 Å². The lowest BCUT2D eigenvalue weighted by Gasteiger charge is -2.42. The van der Waals surface area contributed by atoms with E-state index < -0.39 is 17.3 Å². The third kappa shape index (κ3) is 7.48. The van der Waals surface area contributed by atoms with Crippen LogP contribution in [-0.4, -0.2) is 56.0 Å². The van der Waals surface area contributed by atoms with Crippen LogP contribution in [0.2, 0.25) is 0 Å². The first-order valence-corrected chi connectivity index (χ1v) is 15.3.